The van der Waals surface area contributed by atoms with Crippen molar-refractivity contribution in [2.24, 2.45) is 0 Å². The molecule has 1 amide bonds. The molecule has 1 aromatic carbocycles. The quantitative estimate of drug-likeness (QED) is 0.751. The summed E-state index contributed by atoms with van der Waals surface area (Å²) in [5.74, 6) is 1.10. The molecular formula is C17H15FN4O2. The fourth-order valence-electron chi connectivity index (χ4n) is 2.12. The van der Waals surface area contributed by atoms with Crippen LogP contribution in [-0.4, -0.2) is 16.0 Å². The summed E-state index contributed by atoms with van der Waals surface area (Å²) < 4.78 is 18.5. The Hall–Kier alpha value is -3.22. The Bertz CT molecular complexity index is 846. The molecule has 0 unspecified atom stereocenters. The molecule has 6 nitrogen and oxygen atoms in total. The topological polar surface area (TPSA) is 80.0 Å². The van der Waals surface area contributed by atoms with Gasteiger partial charge in [0, 0.05) is 6.07 Å². The van der Waals surface area contributed by atoms with Crippen molar-refractivity contribution in [3.05, 3.63) is 65.8 Å². The van der Waals surface area contributed by atoms with Gasteiger partial charge < -0.3 is 15.2 Å². The van der Waals surface area contributed by atoms with E-state index in [1.165, 1.54) is 12.3 Å². The third-order valence-corrected chi connectivity index (χ3v) is 3.24. The highest BCUT2D eigenvalue weighted by Crippen LogP contribution is 2.16. The number of nitrogens with zero attached hydrogens (tertiary/aromatic N) is 2. The lowest BCUT2D eigenvalue weighted by molar-refractivity contribution is -0.115. The monoisotopic (exact) mass is 326 g/mol. The summed E-state index contributed by atoms with van der Waals surface area (Å²) in [5, 5.41) is 9.46. The largest absolute Gasteiger partial charge is 0.360 e. The molecule has 3 aromatic rings. The van der Waals surface area contributed by atoms with Crippen molar-refractivity contribution in [3.63, 3.8) is 0 Å². The molecule has 3 rings (SSSR count). The fraction of sp³-hybridized carbons (Fsp3) is 0.118. The van der Waals surface area contributed by atoms with Crippen LogP contribution in [0, 0.1) is 12.7 Å². The van der Waals surface area contributed by atoms with Crippen LogP contribution in [0.15, 0.2) is 53.2 Å². The molecule has 2 N–H and O–H groups in total. The average molecular weight is 326 g/mol. The zero-order valence-electron chi connectivity index (χ0n) is 12.9. The zero-order valence-corrected chi connectivity index (χ0v) is 12.9. The highest BCUT2D eigenvalue weighted by Gasteiger charge is 2.08. The van der Waals surface area contributed by atoms with Crippen LogP contribution in [0.1, 0.15) is 11.3 Å². The van der Waals surface area contributed by atoms with Crippen molar-refractivity contribution in [1.29, 1.82) is 0 Å². The van der Waals surface area contributed by atoms with E-state index >= 15 is 0 Å². The predicted molar refractivity (Wildman–Crippen MR) is 87.5 cm³/mol. The van der Waals surface area contributed by atoms with Gasteiger partial charge in [-0.3, -0.25) is 4.79 Å². The maximum Gasteiger partial charge on any atom is 0.228 e. The normalized spacial score (nSPS) is 10.4. The van der Waals surface area contributed by atoms with Crippen LogP contribution in [0.3, 0.4) is 0 Å². The Labute approximate surface area is 137 Å². The Morgan fingerprint density at radius 2 is 2.04 bits per heavy atom. The van der Waals surface area contributed by atoms with Crippen molar-refractivity contribution >= 4 is 23.2 Å². The second-order valence-corrected chi connectivity index (χ2v) is 5.20. The maximum absolute atomic E-state index is 13.5. The summed E-state index contributed by atoms with van der Waals surface area (Å²) in [7, 11) is 0. The number of hydrogen-bond donors (Lipinski definition) is 2. The lowest BCUT2D eigenvalue weighted by Gasteiger charge is -2.07. The molecule has 0 atom stereocenters. The van der Waals surface area contributed by atoms with Crippen LogP contribution in [0.5, 0.6) is 0 Å². The van der Waals surface area contributed by atoms with E-state index in [0.29, 0.717) is 28.6 Å². The number of halogens is 1. The van der Waals surface area contributed by atoms with E-state index in [-0.39, 0.29) is 12.3 Å². The van der Waals surface area contributed by atoms with Crippen LogP contribution in [-0.2, 0) is 11.2 Å². The van der Waals surface area contributed by atoms with Crippen LogP contribution >= 0.6 is 0 Å². The number of amides is 1. The second kappa shape index (κ2) is 6.91. The molecule has 2 aromatic heterocycles. The minimum absolute atomic E-state index is 0.0368. The summed E-state index contributed by atoms with van der Waals surface area (Å²) in [6, 6.07) is 11.3. The molecule has 0 radical (unpaired) electrons. The predicted octanol–water partition coefficient (Wildman–Crippen LogP) is 3.44. The number of carbonyl (C=O) groups is 1. The maximum atomic E-state index is 13.5. The molecule has 122 valence electrons. The van der Waals surface area contributed by atoms with Crippen molar-refractivity contribution in [2.45, 2.75) is 13.3 Å². The van der Waals surface area contributed by atoms with Crippen molar-refractivity contribution < 1.29 is 13.7 Å². The van der Waals surface area contributed by atoms with Gasteiger partial charge in [-0.25, -0.2) is 9.37 Å². The number of carbonyl (C=O) groups excluding carboxylic acids is 1. The molecule has 0 spiro atoms. The lowest BCUT2D eigenvalue weighted by atomic mass is 10.1. The molecule has 0 fully saturated rings. The van der Waals surface area contributed by atoms with Gasteiger partial charge in [-0.05, 0) is 30.7 Å². The van der Waals surface area contributed by atoms with Crippen molar-refractivity contribution in [1.82, 2.24) is 10.1 Å². The number of aromatic nitrogens is 2. The van der Waals surface area contributed by atoms with Gasteiger partial charge in [0.25, 0.3) is 0 Å². The van der Waals surface area contributed by atoms with Gasteiger partial charge in [-0.2, -0.15) is 0 Å². The number of nitrogens with one attached hydrogen (secondary N) is 2. The van der Waals surface area contributed by atoms with Crippen LogP contribution in [0.2, 0.25) is 0 Å². The molecule has 7 heteroatoms. The third kappa shape index (κ3) is 3.95. The lowest BCUT2D eigenvalue weighted by Crippen LogP contribution is -2.15. The third-order valence-electron chi connectivity index (χ3n) is 3.24. The summed E-state index contributed by atoms with van der Waals surface area (Å²) in [4.78, 5) is 16.1. The van der Waals surface area contributed by atoms with E-state index in [0.717, 1.165) is 0 Å². The standard InChI is InChI=1S/C17H15FN4O2/c1-11-8-16(22-24-11)21-15-7-6-13(10-19-15)20-17(23)9-12-4-2-3-5-14(12)18/h2-8,10H,9H2,1H3,(H,20,23)(H,19,21,22). The minimum atomic E-state index is -0.395. The first-order valence-corrected chi connectivity index (χ1v) is 7.30. The molecule has 24 heavy (non-hydrogen) atoms. The first-order valence-electron chi connectivity index (χ1n) is 7.30. The molecule has 0 aliphatic rings. The van der Waals surface area contributed by atoms with Crippen LogP contribution in [0.4, 0.5) is 21.7 Å². The second-order valence-electron chi connectivity index (χ2n) is 5.20. The molecule has 0 bridgehead atoms. The van der Waals surface area contributed by atoms with Gasteiger partial charge in [0.2, 0.25) is 5.91 Å². The average Bonchev–Trinajstić information content (AvgIpc) is 2.96. The Kier molecular flexibility index (Phi) is 4.51. The Morgan fingerprint density at radius 3 is 2.71 bits per heavy atom. The van der Waals surface area contributed by atoms with Gasteiger partial charge in [0.1, 0.15) is 17.4 Å². The summed E-state index contributed by atoms with van der Waals surface area (Å²) in [5.41, 5.74) is 0.876. The highest BCUT2D eigenvalue weighted by molar-refractivity contribution is 5.92. The van der Waals surface area contributed by atoms with E-state index in [4.69, 9.17) is 4.52 Å². The van der Waals surface area contributed by atoms with Gasteiger partial charge in [0.05, 0.1) is 18.3 Å². The molecule has 2 heterocycles. The summed E-state index contributed by atoms with van der Waals surface area (Å²) in [6.45, 7) is 1.79. The molecule has 0 aliphatic carbocycles. The van der Waals surface area contributed by atoms with Gasteiger partial charge in [-0.1, -0.05) is 23.4 Å². The number of hydrogen-bond acceptors (Lipinski definition) is 5. The van der Waals surface area contributed by atoms with E-state index in [9.17, 15) is 9.18 Å². The number of benzene rings is 1. The van der Waals surface area contributed by atoms with E-state index < -0.39 is 5.82 Å². The first-order chi connectivity index (χ1) is 11.6. The zero-order chi connectivity index (χ0) is 16.9. The first kappa shape index (κ1) is 15.7. The number of pyridine rings is 1. The van der Waals surface area contributed by atoms with Gasteiger partial charge in [0.15, 0.2) is 5.82 Å². The molecule has 0 saturated carbocycles. The van der Waals surface area contributed by atoms with Gasteiger partial charge >= 0.3 is 0 Å². The Morgan fingerprint density at radius 1 is 1.21 bits per heavy atom. The van der Waals surface area contributed by atoms with E-state index in [1.54, 1.807) is 43.3 Å². The van der Waals surface area contributed by atoms with Gasteiger partial charge in [-0.15, -0.1) is 0 Å². The number of anilines is 3. The molecule has 0 saturated heterocycles. The van der Waals surface area contributed by atoms with Crippen molar-refractivity contribution in [3.8, 4) is 0 Å². The highest BCUT2D eigenvalue weighted by atomic mass is 19.1. The Balaban J connectivity index is 1.59. The number of aryl methyl sites for hydroxylation is 1. The SMILES string of the molecule is Cc1cc(Nc2ccc(NC(=O)Cc3ccccc3F)cn2)no1. The van der Waals surface area contributed by atoms with Crippen LogP contribution in [0.25, 0.3) is 0 Å². The van der Waals surface area contributed by atoms with E-state index in [1.807, 2.05) is 0 Å². The molecular weight excluding hydrogens is 311 g/mol. The smallest absolute Gasteiger partial charge is 0.228 e. The summed E-state index contributed by atoms with van der Waals surface area (Å²) in [6.07, 6.45) is 1.47. The fourth-order valence-corrected chi connectivity index (χ4v) is 2.12. The summed E-state index contributed by atoms with van der Waals surface area (Å²) >= 11 is 0. The molecule has 0 aliphatic heterocycles. The number of rotatable bonds is 5. The van der Waals surface area contributed by atoms with Crippen LogP contribution < -0.4 is 10.6 Å². The van der Waals surface area contributed by atoms with E-state index in [2.05, 4.69) is 20.8 Å². The minimum Gasteiger partial charge on any atom is -0.360 e. The van der Waals surface area contributed by atoms with Crippen molar-refractivity contribution in [2.75, 3.05) is 10.6 Å².